The normalized spacial score (nSPS) is 11.1. The molecule has 0 saturated heterocycles. The second-order valence-corrected chi connectivity index (χ2v) is 7.33. The quantitative estimate of drug-likeness (QED) is 0.893. The van der Waals surface area contributed by atoms with E-state index in [1.807, 2.05) is 56.3 Å². The van der Waals surface area contributed by atoms with Crippen molar-refractivity contribution >= 4 is 17.7 Å². The van der Waals surface area contributed by atoms with Gasteiger partial charge in [-0.3, -0.25) is 0 Å². The molecule has 25 heavy (non-hydrogen) atoms. The average molecular weight is 341 g/mol. The van der Waals surface area contributed by atoms with Crippen LogP contribution in [0.3, 0.4) is 0 Å². The Kier molecular flexibility index (Phi) is 5.62. The highest BCUT2D eigenvalue weighted by Gasteiger charge is 2.13. The van der Waals surface area contributed by atoms with Crippen molar-refractivity contribution in [1.29, 1.82) is 0 Å². The highest BCUT2D eigenvalue weighted by molar-refractivity contribution is 5.89. The summed E-state index contributed by atoms with van der Waals surface area (Å²) >= 11 is 0. The van der Waals surface area contributed by atoms with E-state index in [2.05, 4.69) is 41.4 Å². The molecule has 1 aromatic carbocycles. The molecule has 6 heteroatoms. The maximum Gasteiger partial charge on any atom is 0.319 e. The molecule has 2 amide bonds. The molecule has 0 bridgehead atoms. The minimum Gasteiger partial charge on any atom is -0.347 e. The fourth-order valence-corrected chi connectivity index (χ4v) is 2.31. The van der Waals surface area contributed by atoms with Crippen molar-refractivity contribution in [3.8, 4) is 0 Å². The van der Waals surface area contributed by atoms with Gasteiger partial charge in [-0.25, -0.2) is 14.8 Å². The summed E-state index contributed by atoms with van der Waals surface area (Å²) in [5.41, 5.74) is 3.73. The van der Waals surface area contributed by atoms with Crippen molar-refractivity contribution in [2.45, 2.75) is 39.7 Å². The molecule has 0 aliphatic heterocycles. The second kappa shape index (κ2) is 7.51. The number of hydrogen-bond donors (Lipinski definition) is 2. The number of nitrogens with one attached hydrogen (secondary N) is 2. The highest BCUT2D eigenvalue weighted by Crippen LogP contribution is 2.23. The van der Waals surface area contributed by atoms with Crippen LogP contribution in [0, 0.1) is 6.92 Å². The summed E-state index contributed by atoms with van der Waals surface area (Å²) in [6.45, 7) is 8.74. The zero-order valence-corrected chi connectivity index (χ0v) is 15.8. The second-order valence-electron chi connectivity index (χ2n) is 7.33. The van der Waals surface area contributed by atoms with Gasteiger partial charge in [0.1, 0.15) is 0 Å². The van der Waals surface area contributed by atoms with E-state index < -0.39 is 0 Å². The lowest BCUT2D eigenvalue weighted by molar-refractivity contribution is 0.251. The Morgan fingerprint density at radius 1 is 1.12 bits per heavy atom. The van der Waals surface area contributed by atoms with E-state index in [9.17, 15) is 4.79 Å². The number of carbonyl (C=O) groups excluding carboxylic acids is 1. The van der Waals surface area contributed by atoms with Crippen LogP contribution in [0.2, 0.25) is 0 Å². The average Bonchev–Trinajstić information content (AvgIpc) is 2.52. The summed E-state index contributed by atoms with van der Waals surface area (Å²) in [4.78, 5) is 22.7. The van der Waals surface area contributed by atoms with Gasteiger partial charge < -0.3 is 15.5 Å². The van der Waals surface area contributed by atoms with Gasteiger partial charge in [0.2, 0.25) is 5.95 Å². The Hall–Kier alpha value is -2.63. The Labute approximate surface area is 149 Å². The molecule has 0 aliphatic carbocycles. The predicted octanol–water partition coefficient (Wildman–Crippen LogP) is 3.47. The standard InChI is InChI=1S/C19H27N5O/c1-13-11-16(22-17(21-13)24(5)6)12-20-18(25)23-15-9-7-14(8-10-15)19(2,3)4/h7-11H,12H2,1-6H3,(H2,20,23,25). The number of rotatable bonds is 4. The molecule has 134 valence electrons. The number of benzene rings is 1. The smallest absolute Gasteiger partial charge is 0.319 e. The van der Waals surface area contributed by atoms with E-state index in [-0.39, 0.29) is 11.4 Å². The van der Waals surface area contributed by atoms with Gasteiger partial charge in [-0.05, 0) is 36.1 Å². The Morgan fingerprint density at radius 3 is 2.32 bits per heavy atom. The van der Waals surface area contributed by atoms with E-state index in [0.717, 1.165) is 17.1 Å². The molecule has 1 heterocycles. The van der Waals surface area contributed by atoms with Gasteiger partial charge in [0, 0.05) is 25.5 Å². The first kappa shape index (κ1) is 18.7. The molecule has 1 aromatic heterocycles. The summed E-state index contributed by atoms with van der Waals surface area (Å²) in [6, 6.07) is 9.51. The lowest BCUT2D eigenvalue weighted by Crippen LogP contribution is -2.29. The fourth-order valence-electron chi connectivity index (χ4n) is 2.31. The van der Waals surface area contributed by atoms with E-state index in [1.165, 1.54) is 5.56 Å². The fraction of sp³-hybridized carbons (Fsp3) is 0.421. The third-order valence-corrected chi connectivity index (χ3v) is 3.73. The van der Waals surface area contributed by atoms with Gasteiger partial charge in [-0.15, -0.1) is 0 Å². The van der Waals surface area contributed by atoms with E-state index in [4.69, 9.17) is 0 Å². The molecule has 0 spiro atoms. The van der Waals surface area contributed by atoms with E-state index in [0.29, 0.717) is 12.5 Å². The van der Waals surface area contributed by atoms with Crippen LogP contribution >= 0.6 is 0 Å². The summed E-state index contributed by atoms with van der Waals surface area (Å²) < 4.78 is 0. The first-order valence-electron chi connectivity index (χ1n) is 8.32. The Bertz CT molecular complexity index is 732. The van der Waals surface area contributed by atoms with Crippen LogP contribution < -0.4 is 15.5 Å². The van der Waals surface area contributed by atoms with Gasteiger partial charge in [0.05, 0.1) is 12.2 Å². The van der Waals surface area contributed by atoms with E-state index in [1.54, 1.807) is 0 Å². The number of amides is 2. The minimum absolute atomic E-state index is 0.0931. The van der Waals surface area contributed by atoms with Crippen molar-refractivity contribution < 1.29 is 4.79 Å². The monoisotopic (exact) mass is 341 g/mol. The number of anilines is 2. The molecule has 2 aromatic rings. The summed E-state index contributed by atoms with van der Waals surface area (Å²) in [7, 11) is 3.78. The van der Waals surface area contributed by atoms with Crippen LogP contribution in [0.25, 0.3) is 0 Å². The van der Waals surface area contributed by atoms with Gasteiger partial charge in [0.25, 0.3) is 0 Å². The third kappa shape index (κ3) is 5.45. The first-order chi connectivity index (χ1) is 11.6. The Morgan fingerprint density at radius 2 is 1.76 bits per heavy atom. The van der Waals surface area contributed by atoms with Crippen molar-refractivity contribution in [1.82, 2.24) is 15.3 Å². The molecule has 0 saturated carbocycles. The largest absolute Gasteiger partial charge is 0.347 e. The lowest BCUT2D eigenvalue weighted by atomic mass is 9.87. The van der Waals surface area contributed by atoms with Crippen LogP contribution in [0.5, 0.6) is 0 Å². The molecular formula is C19H27N5O. The summed E-state index contributed by atoms with van der Waals surface area (Å²) in [6.07, 6.45) is 0. The molecule has 0 unspecified atom stereocenters. The van der Waals surface area contributed by atoms with Crippen LogP contribution in [0.1, 0.15) is 37.7 Å². The minimum atomic E-state index is -0.258. The molecule has 0 aliphatic rings. The molecular weight excluding hydrogens is 314 g/mol. The number of carbonyl (C=O) groups is 1. The molecule has 6 nitrogen and oxygen atoms in total. The maximum atomic E-state index is 12.1. The first-order valence-corrected chi connectivity index (χ1v) is 8.32. The molecule has 0 fully saturated rings. The van der Waals surface area contributed by atoms with E-state index >= 15 is 0 Å². The number of hydrogen-bond acceptors (Lipinski definition) is 4. The number of urea groups is 1. The van der Waals surface area contributed by atoms with Gasteiger partial charge in [-0.2, -0.15) is 0 Å². The van der Waals surface area contributed by atoms with Crippen molar-refractivity contribution in [2.24, 2.45) is 0 Å². The third-order valence-electron chi connectivity index (χ3n) is 3.73. The molecule has 2 rings (SSSR count). The van der Waals surface area contributed by atoms with Crippen LogP contribution in [-0.4, -0.2) is 30.1 Å². The zero-order chi connectivity index (χ0) is 18.6. The molecule has 0 radical (unpaired) electrons. The summed E-state index contributed by atoms with van der Waals surface area (Å²) in [5, 5.41) is 5.67. The summed E-state index contributed by atoms with van der Waals surface area (Å²) in [5.74, 6) is 0.634. The van der Waals surface area contributed by atoms with Gasteiger partial charge in [0.15, 0.2) is 0 Å². The maximum absolute atomic E-state index is 12.1. The van der Waals surface area contributed by atoms with Crippen LogP contribution in [0.15, 0.2) is 30.3 Å². The van der Waals surface area contributed by atoms with Crippen molar-refractivity contribution in [2.75, 3.05) is 24.3 Å². The highest BCUT2D eigenvalue weighted by atomic mass is 16.2. The number of aromatic nitrogens is 2. The lowest BCUT2D eigenvalue weighted by Gasteiger charge is -2.19. The molecule has 0 atom stereocenters. The topological polar surface area (TPSA) is 70.2 Å². The van der Waals surface area contributed by atoms with Crippen molar-refractivity contribution in [3.05, 3.63) is 47.3 Å². The number of nitrogens with zero attached hydrogens (tertiary/aromatic N) is 3. The van der Waals surface area contributed by atoms with Gasteiger partial charge >= 0.3 is 6.03 Å². The predicted molar refractivity (Wildman–Crippen MR) is 102 cm³/mol. The Balaban J connectivity index is 1.95. The number of aryl methyl sites for hydroxylation is 1. The molecule has 2 N–H and O–H groups in total. The van der Waals surface area contributed by atoms with Gasteiger partial charge in [-0.1, -0.05) is 32.9 Å². The van der Waals surface area contributed by atoms with Crippen LogP contribution in [0.4, 0.5) is 16.4 Å². The SMILES string of the molecule is Cc1cc(CNC(=O)Nc2ccc(C(C)(C)C)cc2)nc(N(C)C)n1. The zero-order valence-electron chi connectivity index (χ0n) is 15.8. The van der Waals surface area contributed by atoms with Crippen LogP contribution in [-0.2, 0) is 12.0 Å². The van der Waals surface area contributed by atoms with Crippen molar-refractivity contribution in [3.63, 3.8) is 0 Å².